The van der Waals surface area contributed by atoms with E-state index in [9.17, 15) is 9.59 Å². The summed E-state index contributed by atoms with van der Waals surface area (Å²) in [4.78, 5) is 24.5. The fraction of sp³-hybridized carbons (Fsp3) is 0.867. The van der Waals surface area contributed by atoms with Crippen molar-refractivity contribution in [3.63, 3.8) is 0 Å². The highest BCUT2D eigenvalue weighted by atomic mass is 16.5. The summed E-state index contributed by atoms with van der Waals surface area (Å²) in [6.45, 7) is 4.49. The molecule has 4 aliphatic rings. The second-order valence-corrected chi connectivity index (χ2v) is 6.97. The van der Waals surface area contributed by atoms with E-state index in [-0.39, 0.29) is 34.1 Å². The number of ketones is 1. The third-order valence-electron chi connectivity index (χ3n) is 6.87. The Morgan fingerprint density at radius 3 is 2.89 bits per heavy atom. The third-order valence-corrected chi connectivity index (χ3v) is 6.87. The van der Waals surface area contributed by atoms with Gasteiger partial charge in [-0.25, -0.2) is 0 Å². The zero-order valence-electron chi connectivity index (χ0n) is 11.1. The maximum atomic E-state index is 12.3. The van der Waals surface area contributed by atoms with E-state index in [1.165, 1.54) is 6.42 Å². The van der Waals surface area contributed by atoms with Crippen LogP contribution in [-0.2, 0) is 14.3 Å². The van der Waals surface area contributed by atoms with Gasteiger partial charge in [0.15, 0.2) is 0 Å². The minimum Gasteiger partial charge on any atom is -0.466 e. The molecule has 3 heteroatoms. The Morgan fingerprint density at radius 1 is 1.44 bits per heavy atom. The number of fused-ring (bicyclic) bond motifs is 1. The number of ether oxygens (including phenoxy) is 1. The Labute approximate surface area is 107 Å². The summed E-state index contributed by atoms with van der Waals surface area (Å²) in [5, 5.41) is 0. The van der Waals surface area contributed by atoms with Gasteiger partial charge in [-0.2, -0.15) is 0 Å². The molecule has 0 saturated heterocycles. The molecule has 4 saturated carbocycles. The SMILES string of the molecule is CCOC(=O)[C@@H]1C[C@]23CCC[C@@]24C(C(=O)C3)C14C. The molecule has 4 fully saturated rings. The maximum absolute atomic E-state index is 12.3. The molecule has 18 heavy (non-hydrogen) atoms. The van der Waals surface area contributed by atoms with Crippen LogP contribution in [0.4, 0.5) is 0 Å². The summed E-state index contributed by atoms with van der Waals surface area (Å²) >= 11 is 0. The normalized spacial score (nSPS) is 55.3. The average Bonchev–Trinajstić information content (AvgIpc) is 2.54. The molecule has 0 aromatic carbocycles. The van der Waals surface area contributed by atoms with Crippen LogP contribution in [0, 0.1) is 28.1 Å². The fourth-order valence-electron chi connectivity index (χ4n) is 6.54. The van der Waals surface area contributed by atoms with Gasteiger partial charge in [0.2, 0.25) is 0 Å². The molecule has 0 bridgehead atoms. The van der Waals surface area contributed by atoms with Gasteiger partial charge in [-0.05, 0) is 42.4 Å². The maximum Gasteiger partial charge on any atom is 0.309 e. The van der Waals surface area contributed by atoms with Crippen molar-refractivity contribution in [2.75, 3.05) is 6.61 Å². The highest BCUT2D eigenvalue weighted by Gasteiger charge is 2.93. The van der Waals surface area contributed by atoms with E-state index in [0.717, 1.165) is 25.7 Å². The largest absolute Gasteiger partial charge is 0.466 e. The minimum atomic E-state index is -0.0644. The van der Waals surface area contributed by atoms with Gasteiger partial charge in [0.1, 0.15) is 5.78 Å². The van der Waals surface area contributed by atoms with Crippen molar-refractivity contribution in [1.82, 2.24) is 0 Å². The number of esters is 1. The summed E-state index contributed by atoms with van der Waals surface area (Å²) in [5.41, 5.74) is 0.292. The quantitative estimate of drug-likeness (QED) is 0.704. The molecule has 0 heterocycles. The van der Waals surface area contributed by atoms with Crippen LogP contribution in [0.5, 0.6) is 0 Å². The van der Waals surface area contributed by atoms with E-state index in [0.29, 0.717) is 12.4 Å². The summed E-state index contributed by atoms with van der Waals surface area (Å²) in [5.74, 6) is 0.541. The van der Waals surface area contributed by atoms with Crippen LogP contribution >= 0.6 is 0 Å². The van der Waals surface area contributed by atoms with Gasteiger partial charge in [0, 0.05) is 12.3 Å². The molecule has 3 nitrogen and oxygen atoms in total. The molecule has 1 spiro atoms. The topological polar surface area (TPSA) is 43.4 Å². The zero-order chi connectivity index (χ0) is 12.8. The van der Waals surface area contributed by atoms with E-state index in [1.807, 2.05) is 6.92 Å². The molecule has 4 aliphatic carbocycles. The van der Waals surface area contributed by atoms with Crippen LogP contribution in [0.3, 0.4) is 0 Å². The highest BCUT2D eigenvalue weighted by molar-refractivity contribution is 5.95. The number of rotatable bonds is 2. The predicted octanol–water partition coefficient (Wildman–Crippen LogP) is 2.33. The van der Waals surface area contributed by atoms with Crippen molar-refractivity contribution in [3.05, 3.63) is 0 Å². The van der Waals surface area contributed by atoms with Crippen molar-refractivity contribution < 1.29 is 14.3 Å². The lowest BCUT2D eigenvalue weighted by atomic mass is 9.76. The molecule has 0 aromatic rings. The predicted molar refractivity (Wildman–Crippen MR) is 64.7 cm³/mol. The Bertz CT molecular complexity index is 470. The number of carbonyl (C=O) groups is 2. The van der Waals surface area contributed by atoms with Gasteiger partial charge in [0.05, 0.1) is 12.5 Å². The monoisotopic (exact) mass is 248 g/mol. The average molecular weight is 248 g/mol. The van der Waals surface area contributed by atoms with Crippen molar-refractivity contribution in [2.24, 2.45) is 28.1 Å². The van der Waals surface area contributed by atoms with E-state index >= 15 is 0 Å². The molecule has 0 amide bonds. The standard InChI is InChI=1S/C15H20O3/c1-3-18-12(17)9-7-14-5-4-6-15(14)11(10(16)8-14)13(9,15)2/h9,11H,3-8H2,1-2H3/t9-,11?,13?,14-,15-/m0/s1. The van der Waals surface area contributed by atoms with Gasteiger partial charge >= 0.3 is 5.97 Å². The molecule has 0 N–H and O–H groups in total. The van der Waals surface area contributed by atoms with E-state index in [1.54, 1.807) is 0 Å². The fourth-order valence-corrected chi connectivity index (χ4v) is 6.54. The summed E-state index contributed by atoms with van der Waals surface area (Å²) in [6, 6.07) is 0. The summed E-state index contributed by atoms with van der Waals surface area (Å²) < 4.78 is 5.26. The van der Waals surface area contributed by atoms with Crippen LogP contribution in [0.15, 0.2) is 0 Å². The number of carbonyl (C=O) groups excluding carboxylic acids is 2. The van der Waals surface area contributed by atoms with Gasteiger partial charge in [-0.1, -0.05) is 13.3 Å². The molecular formula is C15H20O3. The van der Waals surface area contributed by atoms with Gasteiger partial charge in [-0.3, -0.25) is 9.59 Å². The number of Topliss-reactive ketones (excluding diaryl/α,β-unsaturated/α-hetero) is 1. The summed E-state index contributed by atoms with van der Waals surface area (Å²) in [6.07, 6.45) is 5.21. The first kappa shape index (κ1) is 11.0. The van der Waals surface area contributed by atoms with E-state index in [2.05, 4.69) is 6.92 Å². The van der Waals surface area contributed by atoms with Crippen LogP contribution in [0.25, 0.3) is 0 Å². The van der Waals surface area contributed by atoms with Crippen LogP contribution in [-0.4, -0.2) is 18.4 Å². The Morgan fingerprint density at radius 2 is 2.22 bits per heavy atom. The Balaban J connectivity index is 1.78. The molecule has 5 atom stereocenters. The van der Waals surface area contributed by atoms with Gasteiger partial charge < -0.3 is 4.74 Å². The van der Waals surface area contributed by atoms with Crippen molar-refractivity contribution >= 4 is 11.8 Å². The molecule has 2 unspecified atom stereocenters. The van der Waals surface area contributed by atoms with Crippen molar-refractivity contribution in [1.29, 1.82) is 0 Å². The molecule has 0 aliphatic heterocycles. The number of hydrogen-bond donors (Lipinski definition) is 0. The van der Waals surface area contributed by atoms with Crippen molar-refractivity contribution in [3.8, 4) is 0 Å². The first-order valence-corrected chi connectivity index (χ1v) is 7.23. The lowest BCUT2D eigenvalue weighted by Crippen LogP contribution is -2.26. The minimum absolute atomic E-state index is 0.0193. The van der Waals surface area contributed by atoms with E-state index < -0.39 is 0 Å². The molecule has 4 rings (SSSR count). The second-order valence-electron chi connectivity index (χ2n) is 6.97. The number of hydrogen-bond acceptors (Lipinski definition) is 3. The Hall–Kier alpha value is -0.860. The lowest BCUT2D eigenvalue weighted by molar-refractivity contribution is -0.150. The zero-order valence-corrected chi connectivity index (χ0v) is 11.1. The molecule has 98 valence electrons. The first-order chi connectivity index (χ1) is 8.53. The highest BCUT2D eigenvalue weighted by Crippen LogP contribution is 2.94. The smallest absolute Gasteiger partial charge is 0.309 e. The summed E-state index contributed by atoms with van der Waals surface area (Å²) in [7, 11) is 0. The Kier molecular flexibility index (Phi) is 1.73. The molecule has 0 aromatic heterocycles. The van der Waals surface area contributed by atoms with Crippen LogP contribution < -0.4 is 0 Å². The van der Waals surface area contributed by atoms with Crippen LogP contribution in [0.1, 0.15) is 46.0 Å². The third kappa shape index (κ3) is 0.784. The van der Waals surface area contributed by atoms with Crippen molar-refractivity contribution in [2.45, 2.75) is 46.0 Å². The molecular weight excluding hydrogens is 228 g/mol. The second kappa shape index (κ2) is 2.83. The lowest BCUT2D eigenvalue weighted by Gasteiger charge is -2.27. The molecule has 0 radical (unpaired) electrons. The van der Waals surface area contributed by atoms with Gasteiger partial charge in [0.25, 0.3) is 0 Å². The van der Waals surface area contributed by atoms with Gasteiger partial charge in [-0.15, -0.1) is 0 Å². The van der Waals surface area contributed by atoms with Crippen LogP contribution in [0.2, 0.25) is 0 Å². The van der Waals surface area contributed by atoms with E-state index in [4.69, 9.17) is 4.74 Å². The first-order valence-electron chi connectivity index (χ1n) is 7.23.